The molecule has 2 amide bonds. The van der Waals surface area contributed by atoms with Crippen molar-refractivity contribution in [1.29, 1.82) is 0 Å². The van der Waals surface area contributed by atoms with Crippen LogP contribution in [0.5, 0.6) is 0 Å². The van der Waals surface area contributed by atoms with Crippen LogP contribution in [0.25, 0.3) is 0 Å². The number of nitrogens with one attached hydrogen (secondary N) is 1. The third kappa shape index (κ3) is 3.83. The van der Waals surface area contributed by atoms with Gasteiger partial charge < -0.3 is 0 Å². The van der Waals surface area contributed by atoms with Gasteiger partial charge in [-0.15, -0.1) is 0 Å². The molecule has 1 aromatic heterocycles. The molecule has 2 aromatic rings. The van der Waals surface area contributed by atoms with Crippen LogP contribution in [0.3, 0.4) is 0 Å². The number of pyridine rings is 1. The number of hydrogen-bond acceptors (Lipinski definition) is 3. The van der Waals surface area contributed by atoms with Crippen molar-refractivity contribution < 1.29 is 9.59 Å². The van der Waals surface area contributed by atoms with Gasteiger partial charge in [-0.1, -0.05) is 18.2 Å². The van der Waals surface area contributed by atoms with Gasteiger partial charge in [0.2, 0.25) is 0 Å². The largest absolute Gasteiger partial charge is 0.288 e. The standard InChI is InChI=1S/C8H5NO2.C5H5N.K/c10-7-5-3-1-2-4-6(5)8(11)9-7;1-2-4-6-5-3-1;/h1-4H,(H,9,10,11);1-5H;. The Morgan fingerprint density at radius 2 is 1.28 bits per heavy atom. The first-order valence-electron chi connectivity index (χ1n) is 5.09. The van der Waals surface area contributed by atoms with Gasteiger partial charge in [0.15, 0.2) is 0 Å². The minimum absolute atomic E-state index is 0. The molecule has 1 aliphatic heterocycles. The molecule has 2 heterocycles. The summed E-state index contributed by atoms with van der Waals surface area (Å²) in [6, 6.07) is 12.5. The van der Waals surface area contributed by atoms with Crippen LogP contribution in [-0.4, -0.2) is 68.2 Å². The summed E-state index contributed by atoms with van der Waals surface area (Å²) in [5.41, 5.74) is 0.940. The first-order chi connectivity index (χ1) is 8.29. The van der Waals surface area contributed by atoms with E-state index in [4.69, 9.17) is 0 Å². The van der Waals surface area contributed by atoms with Crippen LogP contribution in [0, 0.1) is 0 Å². The molecule has 0 saturated heterocycles. The van der Waals surface area contributed by atoms with Crippen LogP contribution in [0.1, 0.15) is 20.7 Å². The molecule has 1 aromatic carbocycles. The van der Waals surface area contributed by atoms with E-state index in [1.54, 1.807) is 36.7 Å². The molecule has 4 nitrogen and oxygen atoms in total. The molecule has 0 spiro atoms. The molecule has 3 rings (SSSR count). The molecule has 0 fully saturated rings. The van der Waals surface area contributed by atoms with Crippen molar-refractivity contribution in [2.75, 3.05) is 0 Å². The van der Waals surface area contributed by atoms with Crippen molar-refractivity contribution >= 4 is 63.2 Å². The minimum atomic E-state index is -0.300. The molecule has 1 radical (unpaired) electrons. The average molecular weight is 265 g/mol. The molecule has 0 saturated carbocycles. The van der Waals surface area contributed by atoms with Gasteiger partial charge in [-0.25, -0.2) is 0 Å². The fourth-order valence-corrected chi connectivity index (χ4v) is 1.43. The van der Waals surface area contributed by atoms with E-state index in [1.165, 1.54) is 0 Å². The molecule has 85 valence electrons. The molecule has 1 N–H and O–H groups in total. The number of aromatic nitrogens is 1. The number of fused-ring (bicyclic) bond motifs is 1. The number of rotatable bonds is 0. The van der Waals surface area contributed by atoms with Crippen LogP contribution in [0.4, 0.5) is 0 Å². The zero-order valence-corrected chi connectivity index (χ0v) is 13.1. The van der Waals surface area contributed by atoms with Crippen molar-refractivity contribution in [3.05, 3.63) is 66.0 Å². The van der Waals surface area contributed by atoms with Crippen LogP contribution in [0.15, 0.2) is 54.9 Å². The number of carbonyl (C=O) groups is 2. The molecule has 0 unspecified atom stereocenters. The topological polar surface area (TPSA) is 59.1 Å². The maximum absolute atomic E-state index is 10.9. The van der Waals surface area contributed by atoms with E-state index in [1.807, 2.05) is 18.2 Å². The van der Waals surface area contributed by atoms with E-state index < -0.39 is 0 Å². The van der Waals surface area contributed by atoms with Crippen molar-refractivity contribution in [2.24, 2.45) is 0 Å². The quantitative estimate of drug-likeness (QED) is 0.576. The number of carbonyl (C=O) groups excluding carboxylic acids is 2. The zero-order chi connectivity index (χ0) is 12.1. The third-order valence-electron chi connectivity index (χ3n) is 2.21. The number of nitrogens with zero attached hydrogens (tertiary/aromatic N) is 1. The normalized spacial score (nSPS) is 11.6. The zero-order valence-electron chi connectivity index (χ0n) is 9.96. The van der Waals surface area contributed by atoms with Crippen LogP contribution in [0.2, 0.25) is 0 Å². The second-order valence-electron chi connectivity index (χ2n) is 3.35. The van der Waals surface area contributed by atoms with Gasteiger partial charge in [0.05, 0.1) is 11.1 Å². The summed E-state index contributed by atoms with van der Waals surface area (Å²) in [5.74, 6) is -0.601. The Hall–Kier alpha value is -0.854. The Morgan fingerprint density at radius 3 is 1.61 bits per heavy atom. The van der Waals surface area contributed by atoms with Crippen LogP contribution in [-0.2, 0) is 0 Å². The fraction of sp³-hybridized carbons (Fsp3) is 0. The van der Waals surface area contributed by atoms with Crippen molar-refractivity contribution in [3.63, 3.8) is 0 Å². The minimum Gasteiger partial charge on any atom is -0.288 e. The van der Waals surface area contributed by atoms with Crippen LogP contribution >= 0.6 is 0 Å². The van der Waals surface area contributed by atoms with E-state index in [0.717, 1.165) is 0 Å². The van der Waals surface area contributed by atoms with Crippen molar-refractivity contribution in [1.82, 2.24) is 10.3 Å². The Labute approximate surface area is 147 Å². The van der Waals surface area contributed by atoms with Gasteiger partial charge in [-0.2, -0.15) is 0 Å². The first kappa shape index (κ1) is 15.2. The Kier molecular flexibility index (Phi) is 6.38. The summed E-state index contributed by atoms with van der Waals surface area (Å²) in [6.07, 6.45) is 3.50. The van der Waals surface area contributed by atoms with Crippen LogP contribution < -0.4 is 5.32 Å². The van der Waals surface area contributed by atoms with Gasteiger partial charge in [0.25, 0.3) is 11.8 Å². The maximum Gasteiger partial charge on any atom is 0.258 e. The second kappa shape index (κ2) is 7.55. The molecule has 0 bridgehead atoms. The molecular formula is C13H10KN2O2. The Balaban J connectivity index is 0.000000199. The molecule has 18 heavy (non-hydrogen) atoms. The molecular weight excluding hydrogens is 255 g/mol. The van der Waals surface area contributed by atoms with Gasteiger partial charge in [-0.3, -0.25) is 19.9 Å². The summed E-state index contributed by atoms with van der Waals surface area (Å²) in [6.45, 7) is 0. The number of amides is 2. The number of benzene rings is 1. The van der Waals surface area contributed by atoms with E-state index in [-0.39, 0.29) is 63.2 Å². The summed E-state index contributed by atoms with van der Waals surface area (Å²) in [5, 5.41) is 2.20. The monoisotopic (exact) mass is 265 g/mol. The predicted molar refractivity (Wildman–Crippen MR) is 68.2 cm³/mol. The molecule has 5 heteroatoms. The van der Waals surface area contributed by atoms with Crippen molar-refractivity contribution in [3.8, 4) is 0 Å². The van der Waals surface area contributed by atoms with Crippen molar-refractivity contribution in [2.45, 2.75) is 0 Å². The Bertz CT molecular complexity index is 484. The third-order valence-corrected chi connectivity index (χ3v) is 2.21. The second-order valence-corrected chi connectivity index (χ2v) is 3.35. The van der Waals surface area contributed by atoms with Gasteiger partial charge in [0, 0.05) is 63.8 Å². The van der Waals surface area contributed by atoms with E-state index in [2.05, 4.69) is 10.3 Å². The van der Waals surface area contributed by atoms with Gasteiger partial charge in [0.1, 0.15) is 0 Å². The first-order valence-corrected chi connectivity index (χ1v) is 5.09. The van der Waals surface area contributed by atoms with Gasteiger partial charge >= 0.3 is 0 Å². The maximum atomic E-state index is 10.9. The number of imide groups is 1. The van der Waals surface area contributed by atoms with E-state index in [9.17, 15) is 9.59 Å². The molecule has 0 atom stereocenters. The summed E-state index contributed by atoms with van der Waals surface area (Å²) >= 11 is 0. The van der Waals surface area contributed by atoms with E-state index in [0.29, 0.717) is 11.1 Å². The van der Waals surface area contributed by atoms with E-state index >= 15 is 0 Å². The Morgan fingerprint density at radius 1 is 0.778 bits per heavy atom. The summed E-state index contributed by atoms with van der Waals surface area (Å²) in [4.78, 5) is 25.7. The van der Waals surface area contributed by atoms with Gasteiger partial charge in [-0.05, 0) is 24.3 Å². The predicted octanol–water partition coefficient (Wildman–Crippen LogP) is 1.27. The summed E-state index contributed by atoms with van der Waals surface area (Å²) in [7, 11) is 0. The number of hydrogen-bond donors (Lipinski definition) is 1. The average Bonchev–Trinajstić information content (AvgIpc) is 2.69. The fourth-order valence-electron chi connectivity index (χ4n) is 1.43. The summed E-state index contributed by atoms with van der Waals surface area (Å²) < 4.78 is 0. The SMILES string of the molecule is O=C1NC(=O)c2ccccc21.[K].c1ccncc1. The molecule has 0 aliphatic carbocycles. The molecule has 1 aliphatic rings. The smallest absolute Gasteiger partial charge is 0.258 e.